The van der Waals surface area contributed by atoms with Gasteiger partial charge < -0.3 is 45.2 Å². The van der Waals surface area contributed by atoms with Crippen LogP contribution in [-0.2, 0) is 28.7 Å². The molecule has 0 bridgehead atoms. The summed E-state index contributed by atoms with van der Waals surface area (Å²) in [4.78, 5) is 99.4. The van der Waals surface area contributed by atoms with Gasteiger partial charge in [0.2, 0.25) is 11.8 Å². The van der Waals surface area contributed by atoms with E-state index in [1.54, 1.807) is 46.2 Å². The summed E-state index contributed by atoms with van der Waals surface area (Å²) < 4.78 is 10.8. The standard InChI is InChI=1S/C22H29N3O5.C16H22N2O4.C5H8N2O2.HI/c1-22(2,3)30-21(29)25-12-10-24(11-13-25)16-6-4-15(5-7-16)20(28)23-18-9-8-17(26)14-19(18)27;1-16(2,3)22-15(21)18-10-8-17(9-11-18)13-6-4-12(5-7-13)14(19)20;6-3-1-2-4(8)7-5(3)9;/h4-7,18H,8-14H2,1-3H3,(H,23,28);4-7H,8-11H2,1-3H3,(H,19,20);3H,1-2,6H2,(H,7,8,9);1H. The van der Waals surface area contributed by atoms with E-state index in [9.17, 15) is 38.4 Å². The third-order valence-electron chi connectivity index (χ3n) is 9.90. The highest BCUT2D eigenvalue weighted by atomic mass is 127. The number of Topliss-reactive ketones (excluding diaryl/α,β-unsaturated/α-hetero) is 2. The monoisotopic (exact) mass is 977 g/mol. The SMILES string of the molecule is CC(C)(C)OC(=O)N1CCN(c2ccc(C(=O)NC3CCC(=O)CC3=O)cc2)CC1.CC(C)(C)OC(=O)N1CCN(c2ccc(C(=O)O)cc2)CC1.I.NC1CCC(=O)NC1=O. The first-order valence-corrected chi connectivity index (χ1v) is 20.4. The number of piperazine rings is 2. The van der Waals surface area contributed by atoms with Gasteiger partial charge in [-0.3, -0.25) is 29.3 Å². The Morgan fingerprint density at radius 3 is 1.48 bits per heavy atom. The summed E-state index contributed by atoms with van der Waals surface area (Å²) >= 11 is 0. The van der Waals surface area contributed by atoms with E-state index in [1.807, 2.05) is 53.7 Å². The molecule has 3 heterocycles. The van der Waals surface area contributed by atoms with Crippen LogP contribution in [-0.4, -0.2) is 138 Å². The summed E-state index contributed by atoms with van der Waals surface area (Å²) in [5.74, 6) is -2.11. The van der Waals surface area contributed by atoms with Gasteiger partial charge in [0.25, 0.3) is 5.91 Å². The van der Waals surface area contributed by atoms with Gasteiger partial charge >= 0.3 is 18.2 Å². The Hall–Kier alpha value is -5.31. The summed E-state index contributed by atoms with van der Waals surface area (Å²) in [5, 5.41) is 13.8. The molecule has 0 radical (unpaired) electrons. The number of benzene rings is 2. The molecule has 2 unspecified atom stereocenters. The molecule has 2 aromatic carbocycles. The molecule has 3 aliphatic heterocycles. The summed E-state index contributed by atoms with van der Waals surface area (Å²) in [6, 6.07) is 12.9. The van der Waals surface area contributed by atoms with Crippen molar-refractivity contribution in [3.63, 3.8) is 0 Å². The van der Waals surface area contributed by atoms with E-state index in [4.69, 9.17) is 20.3 Å². The Kier molecular flexibility index (Phi) is 18.7. The van der Waals surface area contributed by atoms with Crippen LogP contribution in [0.4, 0.5) is 21.0 Å². The van der Waals surface area contributed by atoms with Gasteiger partial charge in [-0.05, 0) is 103 Å². The lowest BCUT2D eigenvalue weighted by atomic mass is 9.93. The molecule has 5 amide bonds. The Bertz CT molecular complexity index is 1910. The molecule has 19 heteroatoms. The van der Waals surface area contributed by atoms with Crippen LogP contribution in [0.1, 0.15) is 94.4 Å². The fraction of sp³-hybridized carbons (Fsp3) is 0.535. The molecule has 6 rings (SSSR count). The summed E-state index contributed by atoms with van der Waals surface area (Å²) in [6.07, 6.45) is 0.854. The molecule has 3 saturated heterocycles. The van der Waals surface area contributed by atoms with Gasteiger partial charge in [-0.25, -0.2) is 14.4 Å². The Morgan fingerprint density at radius 1 is 0.677 bits per heavy atom. The average Bonchev–Trinajstić information content (AvgIpc) is 3.20. The number of ether oxygens (including phenoxy) is 2. The average molecular weight is 978 g/mol. The number of halogens is 1. The largest absolute Gasteiger partial charge is 0.478 e. The van der Waals surface area contributed by atoms with Gasteiger partial charge in [0, 0.05) is 82.1 Å². The predicted molar refractivity (Wildman–Crippen MR) is 241 cm³/mol. The van der Waals surface area contributed by atoms with Crippen LogP contribution in [0.2, 0.25) is 0 Å². The van der Waals surface area contributed by atoms with Crippen molar-refractivity contribution in [2.24, 2.45) is 5.73 Å². The molecule has 62 heavy (non-hydrogen) atoms. The molecule has 1 saturated carbocycles. The zero-order valence-electron chi connectivity index (χ0n) is 36.3. The van der Waals surface area contributed by atoms with E-state index in [0.29, 0.717) is 83.6 Å². The maximum absolute atomic E-state index is 12.4. The van der Waals surface area contributed by atoms with Gasteiger partial charge in [0.15, 0.2) is 5.78 Å². The third kappa shape index (κ3) is 16.2. The lowest BCUT2D eigenvalue weighted by molar-refractivity contribution is -0.134. The van der Waals surface area contributed by atoms with E-state index in [1.165, 1.54) is 0 Å². The van der Waals surface area contributed by atoms with E-state index in [-0.39, 0.29) is 77.4 Å². The molecule has 18 nitrogen and oxygen atoms in total. The molecular formula is C43H60IN7O11. The first-order valence-electron chi connectivity index (χ1n) is 20.4. The topological polar surface area (TPSA) is 238 Å². The fourth-order valence-corrected chi connectivity index (χ4v) is 6.56. The van der Waals surface area contributed by atoms with Crippen LogP contribution in [0, 0.1) is 0 Å². The second-order valence-corrected chi connectivity index (χ2v) is 17.1. The van der Waals surface area contributed by atoms with Gasteiger partial charge in [0.05, 0.1) is 24.1 Å². The number of nitrogens with two attached hydrogens (primary N) is 1. The van der Waals surface area contributed by atoms with Crippen molar-refractivity contribution >= 4 is 82.8 Å². The summed E-state index contributed by atoms with van der Waals surface area (Å²) in [6.45, 7) is 16.2. The Balaban J connectivity index is 0.000000279. The lowest BCUT2D eigenvalue weighted by Gasteiger charge is -2.36. The molecule has 4 aliphatic rings. The maximum atomic E-state index is 12.4. The molecule has 2 aromatic rings. The highest BCUT2D eigenvalue weighted by Gasteiger charge is 2.30. The molecule has 4 fully saturated rings. The molecule has 0 spiro atoms. The first kappa shape index (κ1) is 51.0. The molecule has 2 atom stereocenters. The second-order valence-electron chi connectivity index (χ2n) is 17.1. The van der Waals surface area contributed by atoms with E-state index in [2.05, 4.69) is 20.4 Å². The van der Waals surface area contributed by atoms with E-state index >= 15 is 0 Å². The van der Waals surface area contributed by atoms with Crippen molar-refractivity contribution in [1.29, 1.82) is 0 Å². The molecule has 5 N–H and O–H groups in total. The Labute approximate surface area is 379 Å². The fourth-order valence-electron chi connectivity index (χ4n) is 6.56. The van der Waals surface area contributed by atoms with Gasteiger partial charge in [-0.1, -0.05) is 0 Å². The minimum Gasteiger partial charge on any atom is -0.478 e. The van der Waals surface area contributed by atoms with Crippen LogP contribution < -0.4 is 26.2 Å². The number of piperidine rings is 1. The molecule has 1 aliphatic carbocycles. The number of hydrogen-bond donors (Lipinski definition) is 4. The smallest absolute Gasteiger partial charge is 0.410 e. The lowest BCUT2D eigenvalue weighted by Crippen LogP contribution is -2.50. The first-order chi connectivity index (χ1) is 28.6. The zero-order chi connectivity index (χ0) is 45.1. The molecule has 0 aromatic heterocycles. The quantitative estimate of drug-likeness (QED) is 0.189. The van der Waals surface area contributed by atoms with Gasteiger partial charge in [-0.15, -0.1) is 24.0 Å². The van der Waals surface area contributed by atoms with E-state index in [0.717, 1.165) is 11.4 Å². The number of hydrogen-bond acceptors (Lipinski definition) is 13. The number of carbonyl (C=O) groups excluding carboxylic acids is 7. The number of carboxylic acid groups (broad SMARTS) is 1. The minimum atomic E-state index is -0.929. The highest BCUT2D eigenvalue weighted by Crippen LogP contribution is 2.21. The second kappa shape index (κ2) is 22.7. The minimum absolute atomic E-state index is 0. The zero-order valence-corrected chi connectivity index (χ0v) is 38.6. The van der Waals surface area contributed by atoms with Crippen molar-refractivity contribution in [3.8, 4) is 0 Å². The van der Waals surface area contributed by atoms with Crippen molar-refractivity contribution < 1.29 is 52.9 Å². The number of nitrogens with one attached hydrogen (secondary N) is 2. The maximum Gasteiger partial charge on any atom is 0.410 e. The van der Waals surface area contributed by atoms with Crippen molar-refractivity contribution in [2.75, 3.05) is 62.2 Å². The summed E-state index contributed by atoms with van der Waals surface area (Å²) in [5.41, 5.74) is 6.96. The van der Waals surface area contributed by atoms with Gasteiger partial charge in [-0.2, -0.15) is 0 Å². The molecule has 340 valence electrons. The van der Waals surface area contributed by atoms with Crippen LogP contribution in [0.5, 0.6) is 0 Å². The predicted octanol–water partition coefficient (Wildman–Crippen LogP) is 3.97. The van der Waals surface area contributed by atoms with Crippen LogP contribution in [0.15, 0.2) is 48.5 Å². The number of ketones is 2. The third-order valence-corrected chi connectivity index (χ3v) is 9.90. The summed E-state index contributed by atoms with van der Waals surface area (Å²) in [7, 11) is 0. The van der Waals surface area contributed by atoms with Gasteiger partial charge in [0.1, 0.15) is 17.0 Å². The number of nitrogens with zero attached hydrogens (tertiary/aromatic N) is 4. The number of rotatable bonds is 5. The number of carboxylic acids is 1. The van der Waals surface area contributed by atoms with Crippen LogP contribution in [0.3, 0.4) is 0 Å². The van der Waals surface area contributed by atoms with Crippen LogP contribution >= 0.6 is 24.0 Å². The number of aromatic carboxylic acids is 1. The Morgan fingerprint density at radius 2 is 1.11 bits per heavy atom. The van der Waals surface area contributed by atoms with E-state index < -0.39 is 29.3 Å². The number of imide groups is 1. The van der Waals surface area contributed by atoms with Crippen molar-refractivity contribution in [1.82, 2.24) is 20.4 Å². The number of carbonyl (C=O) groups is 8. The normalized spacial score (nSPS) is 19.3. The van der Waals surface area contributed by atoms with Crippen molar-refractivity contribution in [2.45, 2.75) is 96.9 Å². The number of amides is 5. The van der Waals surface area contributed by atoms with Crippen LogP contribution in [0.25, 0.3) is 0 Å². The highest BCUT2D eigenvalue weighted by molar-refractivity contribution is 14.0. The van der Waals surface area contributed by atoms with Crippen molar-refractivity contribution in [3.05, 3.63) is 59.7 Å². The molecular weight excluding hydrogens is 917 g/mol. The number of anilines is 2.